The highest BCUT2D eigenvalue weighted by Gasteiger charge is 2.18. The maximum Gasteiger partial charge on any atom is 0.255 e. The highest BCUT2D eigenvalue weighted by Crippen LogP contribution is 2.32. The van der Waals surface area contributed by atoms with E-state index in [0.29, 0.717) is 0 Å². The van der Waals surface area contributed by atoms with Crippen LogP contribution in [0, 0.1) is 0 Å². The summed E-state index contributed by atoms with van der Waals surface area (Å²) >= 11 is 0. The van der Waals surface area contributed by atoms with E-state index < -0.39 is 0 Å². The lowest BCUT2D eigenvalue weighted by Crippen LogP contribution is -2.16. The summed E-state index contributed by atoms with van der Waals surface area (Å²) in [6.07, 6.45) is 6.74. The van der Waals surface area contributed by atoms with Gasteiger partial charge in [-0.15, -0.1) is 0 Å². The summed E-state index contributed by atoms with van der Waals surface area (Å²) in [5.74, 6) is 0. The molecule has 4 aromatic rings. The second-order valence-corrected chi connectivity index (χ2v) is 7.38. The first-order valence-electron chi connectivity index (χ1n) is 9.61. The molecular formula is C24H22N2O. The van der Waals surface area contributed by atoms with Crippen molar-refractivity contribution in [2.75, 3.05) is 0 Å². The molecule has 5 rings (SSSR count). The SMILES string of the molecule is Cn1c2c(c3ccc(-n4ccc(-c5ccccc5)cc4=O)cc31)CCCC2. The molecule has 0 N–H and O–H groups in total. The van der Waals surface area contributed by atoms with Crippen LogP contribution in [0.1, 0.15) is 24.1 Å². The minimum absolute atomic E-state index is 0.00493. The van der Waals surface area contributed by atoms with Crippen LogP contribution in [-0.4, -0.2) is 9.13 Å². The van der Waals surface area contributed by atoms with Crippen LogP contribution in [0.5, 0.6) is 0 Å². The van der Waals surface area contributed by atoms with Gasteiger partial charge in [0.1, 0.15) is 0 Å². The van der Waals surface area contributed by atoms with Crippen molar-refractivity contribution in [3.8, 4) is 16.8 Å². The number of rotatable bonds is 2. The van der Waals surface area contributed by atoms with E-state index in [-0.39, 0.29) is 5.56 Å². The standard InChI is InChI=1S/C24H22N2O/c1-25-22-10-6-5-9-20(22)21-12-11-19(16-23(21)25)26-14-13-18(15-24(26)27)17-7-3-2-4-8-17/h2-4,7-8,11-16H,5-6,9-10H2,1H3. The van der Waals surface area contributed by atoms with Gasteiger partial charge < -0.3 is 4.57 Å². The highest BCUT2D eigenvalue weighted by atomic mass is 16.1. The molecule has 2 aromatic carbocycles. The fourth-order valence-corrected chi connectivity index (χ4v) is 4.40. The van der Waals surface area contributed by atoms with E-state index in [0.717, 1.165) is 29.7 Å². The average molecular weight is 354 g/mol. The summed E-state index contributed by atoms with van der Waals surface area (Å²) in [5, 5.41) is 1.34. The van der Waals surface area contributed by atoms with Gasteiger partial charge in [0.25, 0.3) is 5.56 Å². The molecule has 3 nitrogen and oxygen atoms in total. The number of hydrogen-bond acceptors (Lipinski definition) is 1. The Kier molecular flexibility index (Phi) is 3.75. The van der Waals surface area contributed by atoms with Crippen molar-refractivity contribution in [3.63, 3.8) is 0 Å². The lowest BCUT2D eigenvalue weighted by molar-refractivity contribution is 0.653. The number of aryl methyl sites for hydroxylation is 2. The van der Waals surface area contributed by atoms with Gasteiger partial charge in [-0.3, -0.25) is 9.36 Å². The number of aromatic nitrogens is 2. The van der Waals surface area contributed by atoms with Crippen molar-refractivity contribution >= 4 is 10.9 Å². The van der Waals surface area contributed by atoms with Crippen molar-refractivity contribution in [1.82, 2.24) is 9.13 Å². The van der Waals surface area contributed by atoms with Gasteiger partial charge >= 0.3 is 0 Å². The Hall–Kier alpha value is -3.07. The topological polar surface area (TPSA) is 26.9 Å². The highest BCUT2D eigenvalue weighted by molar-refractivity contribution is 5.87. The Balaban J connectivity index is 1.62. The molecule has 27 heavy (non-hydrogen) atoms. The third-order valence-corrected chi connectivity index (χ3v) is 5.82. The van der Waals surface area contributed by atoms with Gasteiger partial charge in [0.15, 0.2) is 0 Å². The smallest absolute Gasteiger partial charge is 0.255 e. The Labute approximate surface area is 158 Å². The second-order valence-electron chi connectivity index (χ2n) is 7.38. The van der Waals surface area contributed by atoms with E-state index in [2.05, 4.69) is 29.8 Å². The minimum atomic E-state index is -0.00493. The van der Waals surface area contributed by atoms with Crippen molar-refractivity contribution in [1.29, 1.82) is 0 Å². The Morgan fingerprint density at radius 1 is 0.852 bits per heavy atom. The summed E-state index contributed by atoms with van der Waals surface area (Å²) in [5.41, 5.74) is 7.11. The molecule has 2 aromatic heterocycles. The molecule has 134 valence electrons. The summed E-state index contributed by atoms with van der Waals surface area (Å²) in [4.78, 5) is 12.8. The van der Waals surface area contributed by atoms with Crippen molar-refractivity contribution in [3.05, 3.63) is 88.5 Å². The third-order valence-electron chi connectivity index (χ3n) is 5.82. The molecule has 0 bridgehead atoms. The summed E-state index contributed by atoms with van der Waals surface area (Å²) < 4.78 is 4.05. The van der Waals surface area contributed by atoms with Gasteiger partial charge in [0.2, 0.25) is 0 Å². The number of benzene rings is 2. The molecule has 1 aliphatic carbocycles. The van der Waals surface area contributed by atoms with E-state index in [1.165, 1.54) is 35.0 Å². The van der Waals surface area contributed by atoms with Gasteiger partial charge in [0.05, 0.1) is 11.2 Å². The molecule has 0 atom stereocenters. The van der Waals surface area contributed by atoms with E-state index in [1.54, 1.807) is 10.6 Å². The van der Waals surface area contributed by atoms with Gasteiger partial charge in [-0.05, 0) is 60.6 Å². The molecule has 0 aliphatic heterocycles. The summed E-state index contributed by atoms with van der Waals surface area (Å²) in [6.45, 7) is 0. The lowest BCUT2D eigenvalue weighted by Gasteiger charge is -2.12. The van der Waals surface area contributed by atoms with E-state index in [9.17, 15) is 4.79 Å². The molecule has 0 saturated heterocycles. The largest absolute Gasteiger partial charge is 0.347 e. The molecule has 0 saturated carbocycles. The molecule has 2 heterocycles. The second kappa shape index (κ2) is 6.27. The van der Waals surface area contributed by atoms with Gasteiger partial charge in [-0.2, -0.15) is 0 Å². The maximum atomic E-state index is 12.8. The molecule has 0 amide bonds. The van der Waals surface area contributed by atoms with Gasteiger partial charge in [-0.1, -0.05) is 36.4 Å². The summed E-state index contributed by atoms with van der Waals surface area (Å²) in [7, 11) is 2.15. The van der Waals surface area contributed by atoms with Crippen LogP contribution in [0.3, 0.4) is 0 Å². The van der Waals surface area contributed by atoms with Gasteiger partial charge in [-0.25, -0.2) is 0 Å². The quantitative estimate of drug-likeness (QED) is 0.504. The molecule has 0 spiro atoms. The van der Waals surface area contributed by atoms with Crippen LogP contribution in [0.4, 0.5) is 0 Å². The van der Waals surface area contributed by atoms with Crippen LogP contribution in [-0.2, 0) is 19.9 Å². The number of pyridine rings is 1. The molecule has 3 heteroatoms. The van der Waals surface area contributed by atoms with Crippen molar-refractivity contribution in [2.45, 2.75) is 25.7 Å². The summed E-state index contributed by atoms with van der Waals surface area (Å²) in [6, 6.07) is 20.2. The van der Waals surface area contributed by atoms with Crippen LogP contribution in [0.25, 0.3) is 27.7 Å². The predicted molar refractivity (Wildman–Crippen MR) is 111 cm³/mol. The van der Waals surface area contributed by atoms with E-state index in [4.69, 9.17) is 0 Å². The molecule has 1 aliphatic rings. The van der Waals surface area contributed by atoms with Gasteiger partial charge in [0, 0.05) is 30.4 Å². The Morgan fingerprint density at radius 2 is 1.67 bits per heavy atom. The van der Waals surface area contributed by atoms with Crippen LogP contribution in [0.15, 0.2) is 71.7 Å². The molecule has 0 fully saturated rings. The first kappa shape index (κ1) is 16.1. The van der Waals surface area contributed by atoms with E-state index >= 15 is 0 Å². The fourth-order valence-electron chi connectivity index (χ4n) is 4.40. The molecule has 0 radical (unpaired) electrons. The monoisotopic (exact) mass is 354 g/mol. The van der Waals surface area contributed by atoms with Crippen LogP contribution in [0.2, 0.25) is 0 Å². The average Bonchev–Trinajstić information content (AvgIpc) is 3.01. The zero-order chi connectivity index (χ0) is 18.4. The third kappa shape index (κ3) is 2.62. The first-order valence-corrected chi connectivity index (χ1v) is 9.61. The van der Waals surface area contributed by atoms with Crippen molar-refractivity contribution in [2.24, 2.45) is 7.05 Å². The normalized spacial score (nSPS) is 13.7. The predicted octanol–water partition coefficient (Wildman–Crippen LogP) is 4.88. The Bertz CT molecular complexity index is 1200. The Morgan fingerprint density at radius 3 is 2.48 bits per heavy atom. The maximum absolute atomic E-state index is 12.8. The van der Waals surface area contributed by atoms with Crippen molar-refractivity contribution < 1.29 is 0 Å². The number of hydrogen-bond donors (Lipinski definition) is 0. The minimum Gasteiger partial charge on any atom is -0.347 e. The zero-order valence-electron chi connectivity index (χ0n) is 15.5. The zero-order valence-corrected chi connectivity index (χ0v) is 15.5. The number of fused-ring (bicyclic) bond motifs is 3. The van der Waals surface area contributed by atoms with Crippen LogP contribution >= 0.6 is 0 Å². The fraction of sp³-hybridized carbons (Fsp3) is 0.208. The first-order chi connectivity index (χ1) is 13.2. The van der Waals surface area contributed by atoms with E-state index in [1.807, 2.05) is 42.6 Å². The lowest BCUT2D eigenvalue weighted by atomic mass is 9.95. The van der Waals surface area contributed by atoms with Crippen LogP contribution < -0.4 is 5.56 Å². The molecular weight excluding hydrogens is 332 g/mol. The molecule has 0 unspecified atom stereocenters. The number of nitrogens with zero attached hydrogens (tertiary/aromatic N) is 2.